The molecule has 1 saturated heterocycles. The molecular weight excluding hydrogens is 270 g/mol. The van der Waals surface area contributed by atoms with Gasteiger partial charge in [-0.25, -0.2) is 8.78 Å². The van der Waals surface area contributed by atoms with E-state index in [1.54, 1.807) is 18.2 Å². The lowest BCUT2D eigenvalue weighted by atomic mass is 9.84. The average molecular weight is 284 g/mol. The summed E-state index contributed by atoms with van der Waals surface area (Å²) in [5.41, 5.74) is 6.32. The van der Waals surface area contributed by atoms with Gasteiger partial charge in [0.05, 0.1) is 17.5 Å². The van der Waals surface area contributed by atoms with E-state index in [2.05, 4.69) is 4.99 Å². The van der Waals surface area contributed by atoms with E-state index < -0.39 is 17.5 Å². The summed E-state index contributed by atoms with van der Waals surface area (Å²) < 4.78 is 32.0. The number of hydrogen-bond acceptors (Lipinski definition) is 4. The van der Waals surface area contributed by atoms with Crippen molar-refractivity contribution in [2.24, 2.45) is 16.6 Å². The van der Waals surface area contributed by atoms with Crippen LogP contribution in [0.2, 0.25) is 0 Å². The van der Waals surface area contributed by atoms with Crippen LogP contribution < -0.4 is 5.73 Å². The zero-order valence-corrected chi connectivity index (χ0v) is 11.0. The molecule has 1 aromatic rings. The van der Waals surface area contributed by atoms with E-state index >= 15 is 0 Å². The molecule has 0 radical (unpaired) electrons. The fourth-order valence-corrected chi connectivity index (χ4v) is 4.11. The number of aliphatic imine (C=N–C) groups is 1. The molecular formula is C13H14F2N2OS. The van der Waals surface area contributed by atoms with Gasteiger partial charge in [0.1, 0.15) is 12.5 Å². The lowest BCUT2D eigenvalue weighted by Crippen LogP contribution is -2.42. The van der Waals surface area contributed by atoms with Crippen molar-refractivity contribution in [1.29, 1.82) is 0 Å². The quantitative estimate of drug-likeness (QED) is 0.904. The second-order valence-corrected chi connectivity index (χ2v) is 6.11. The highest BCUT2D eigenvalue weighted by molar-refractivity contribution is 8.14. The molecule has 0 amide bonds. The highest BCUT2D eigenvalue weighted by atomic mass is 32.2. The molecule has 6 heteroatoms. The Morgan fingerprint density at radius 3 is 3.00 bits per heavy atom. The summed E-state index contributed by atoms with van der Waals surface area (Å²) in [4.78, 5) is 4.16. The van der Waals surface area contributed by atoms with E-state index in [4.69, 9.17) is 10.5 Å². The molecule has 0 spiro atoms. The third-order valence-electron chi connectivity index (χ3n) is 3.77. The molecule has 3 nitrogen and oxygen atoms in total. The number of amidine groups is 1. The largest absolute Gasteiger partial charge is 0.379 e. The summed E-state index contributed by atoms with van der Waals surface area (Å²) in [5, 5.41) is 0.405. The number of halogens is 2. The van der Waals surface area contributed by atoms with Gasteiger partial charge in [0.25, 0.3) is 0 Å². The van der Waals surface area contributed by atoms with Crippen LogP contribution in [0, 0.1) is 11.7 Å². The summed E-state index contributed by atoms with van der Waals surface area (Å²) in [6.07, 6.45) is -0.538. The van der Waals surface area contributed by atoms with Crippen LogP contribution in [0.3, 0.4) is 0 Å². The Bertz CT molecular complexity index is 525. The van der Waals surface area contributed by atoms with Gasteiger partial charge in [-0.2, -0.15) is 0 Å². The molecule has 1 fully saturated rings. The standard InChI is InChI=1S/C13H14F2N2OS/c14-5-11-9-6-17-12(16)19-13(9,7-18-11)8-3-1-2-4-10(8)15/h1-4,9,11H,5-7H2,(H2,16,17)/t9-,11+,13+/m0/s1. The normalized spacial score (nSPS) is 33.9. The maximum absolute atomic E-state index is 14.1. The molecule has 2 heterocycles. The lowest BCUT2D eigenvalue weighted by molar-refractivity contribution is 0.0701. The first-order chi connectivity index (χ1) is 9.17. The fourth-order valence-electron chi connectivity index (χ4n) is 2.82. The molecule has 3 rings (SSSR count). The van der Waals surface area contributed by atoms with Crippen LogP contribution in [-0.4, -0.2) is 31.1 Å². The van der Waals surface area contributed by atoms with Crippen molar-refractivity contribution >= 4 is 16.9 Å². The second-order valence-electron chi connectivity index (χ2n) is 4.76. The summed E-state index contributed by atoms with van der Waals surface area (Å²) in [6.45, 7) is 0.0483. The number of thioether (sulfide) groups is 1. The topological polar surface area (TPSA) is 47.6 Å². The molecule has 102 valence electrons. The number of benzene rings is 1. The minimum Gasteiger partial charge on any atom is -0.379 e. The molecule has 0 bridgehead atoms. The van der Waals surface area contributed by atoms with Crippen molar-refractivity contribution in [3.63, 3.8) is 0 Å². The molecule has 0 aliphatic carbocycles. The summed E-state index contributed by atoms with van der Waals surface area (Å²) in [6, 6.07) is 6.54. The van der Waals surface area contributed by atoms with Crippen molar-refractivity contribution in [3.8, 4) is 0 Å². The van der Waals surface area contributed by atoms with Gasteiger partial charge < -0.3 is 10.5 Å². The predicted octanol–water partition coefficient (Wildman–Crippen LogP) is 2.07. The highest BCUT2D eigenvalue weighted by Crippen LogP contribution is 2.52. The fraction of sp³-hybridized carbons (Fsp3) is 0.462. The first-order valence-electron chi connectivity index (χ1n) is 6.09. The number of ether oxygens (including phenoxy) is 1. The second kappa shape index (κ2) is 4.76. The minimum absolute atomic E-state index is 0.188. The molecule has 2 aliphatic rings. The van der Waals surface area contributed by atoms with Crippen molar-refractivity contribution in [2.45, 2.75) is 10.9 Å². The third kappa shape index (κ3) is 1.94. The van der Waals surface area contributed by atoms with E-state index in [-0.39, 0.29) is 18.3 Å². The van der Waals surface area contributed by atoms with E-state index in [0.717, 1.165) is 0 Å². The molecule has 0 saturated carbocycles. The monoisotopic (exact) mass is 284 g/mol. The van der Waals surface area contributed by atoms with Crippen LogP contribution in [0.1, 0.15) is 5.56 Å². The van der Waals surface area contributed by atoms with Crippen molar-refractivity contribution in [2.75, 3.05) is 19.8 Å². The minimum atomic E-state index is -0.659. The van der Waals surface area contributed by atoms with Crippen LogP contribution in [0.25, 0.3) is 0 Å². The van der Waals surface area contributed by atoms with Gasteiger partial charge in [-0.05, 0) is 6.07 Å². The van der Waals surface area contributed by atoms with Crippen LogP contribution in [-0.2, 0) is 9.48 Å². The van der Waals surface area contributed by atoms with Crippen molar-refractivity contribution in [1.82, 2.24) is 0 Å². The van der Waals surface area contributed by atoms with Crippen LogP contribution >= 0.6 is 11.8 Å². The van der Waals surface area contributed by atoms with Gasteiger partial charge in [-0.3, -0.25) is 4.99 Å². The Morgan fingerprint density at radius 1 is 1.47 bits per heavy atom. The number of rotatable bonds is 2. The number of fused-ring (bicyclic) bond motifs is 1. The molecule has 0 aromatic heterocycles. The zero-order valence-electron chi connectivity index (χ0n) is 10.2. The molecule has 2 aliphatic heterocycles. The van der Waals surface area contributed by atoms with Crippen LogP contribution in [0.4, 0.5) is 8.78 Å². The summed E-state index contributed by atoms with van der Waals surface area (Å²) in [5.74, 6) is -0.496. The van der Waals surface area contributed by atoms with Crippen LogP contribution in [0.5, 0.6) is 0 Å². The van der Waals surface area contributed by atoms with E-state index in [0.29, 0.717) is 17.3 Å². The molecule has 1 aromatic carbocycles. The van der Waals surface area contributed by atoms with Gasteiger partial charge in [0.15, 0.2) is 5.17 Å². The van der Waals surface area contributed by atoms with Crippen LogP contribution in [0.15, 0.2) is 29.3 Å². The first-order valence-corrected chi connectivity index (χ1v) is 6.90. The Morgan fingerprint density at radius 2 is 2.26 bits per heavy atom. The van der Waals surface area contributed by atoms with E-state index in [1.165, 1.54) is 17.8 Å². The smallest absolute Gasteiger partial charge is 0.154 e. The van der Waals surface area contributed by atoms with Gasteiger partial charge in [0, 0.05) is 18.0 Å². The Balaban J connectivity index is 2.09. The summed E-state index contributed by atoms with van der Waals surface area (Å²) >= 11 is 1.29. The zero-order chi connectivity index (χ0) is 13.5. The van der Waals surface area contributed by atoms with Crippen molar-refractivity contribution < 1.29 is 13.5 Å². The Hall–Kier alpha value is -1.14. The van der Waals surface area contributed by atoms with Crippen molar-refractivity contribution in [3.05, 3.63) is 35.6 Å². The SMILES string of the molecule is NC1=NC[C@H]2[C@@H](CF)OC[C@]2(c2ccccc2F)S1. The lowest BCUT2D eigenvalue weighted by Gasteiger charge is -2.36. The van der Waals surface area contributed by atoms with E-state index in [1.807, 2.05) is 0 Å². The number of nitrogens with zero attached hydrogens (tertiary/aromatic N) is 1. The number of hydrogen-bond donors (Lipinski definition) is 1. The highest BCUT2D eigenvalue weighted by Gasteiger charge is 2.54. The molecule has 2 N–H and O–H groups in total. The van der Waals surface area contributed by atoms with Gasteiger partial charge in [0.2, 0.25) is 0 Å². The maximum atomic E-state index is 14.1. The van der Waals surface area contributed by atoms with Gasteiger partial charge in [-0.15, -0.1) is 0 Å². The molecule has 3 atom stereocenters. The Kier molecular flexibility index (Phi) is 3.22. The number of nitrogens with two attached hydrogens (primary N) is 1. The summed E-state index contributed by atoms with van der Waals surface area (Å²) in [7, 11) is 0. The number of alkyl halides is 1. The Labute approximate surface area is 114 Å². The van der Waals surface area contributed by atoms with E-state index in [9.17, 15) is 8.78 Å². The maximum Gasteiger partial charge on any atom is 0.154 e. The van der Waals surface area contributed by atoms with Gasteiger partial charge in [-0.1, -0.05) is 30.0 Å². The predicted molar refractivity (Wildman–Crippen MR) is 71.4 cm³/mol. The van der Waals surface area contributed by atoms with Gasteiger partial charge >= 0.3 is 0 Å². The molecule has 19 heavy (non-hydrogen) atoms. The average Bonchev–Trinajstić information content (AvgIpc) is 2.77. The third-order valence-corrected chi connectivity index (χ3v) is 5.11. The first kappa shape index (κ1) is 12.9. The molecule has 0 unspecified atom stereocenters.